The summed E-state index contributed by atoms with van der Waals surface area (Å²) < 4.78 is 14.0. The summed E-state index contributed by atoms with van der Waals surface area (Å²) in [6.07, 6.45) is 2.89. The van der Waals surface area contributed by atoms with Gasteiger partial charge in [-0.25, -0.2) is 4.39 Å². The van der Waals surface area contributed by atoms with E-state index in [0.29, 0.717) is 6.54 Å². The maximum atomic E-state index is 12.9. The van der Waals surface area contributed by atoms with Gasteiger partial charge in [-0.2, -0.15) is 0 Å². The van der Waals surface area contributed by atoms with Gasteiger partial charge in [0.1, 0.15) is 11.4 Å². The molecule has 0 aliphatic rings. The fourth-order valence-corrected chi connectivity index (χ4v) is 2.08. The standard InChI is InChI=1S/C12H14FIN2O3/c13-9-4-5-10(11(8-9)16(18)19)12(17)15-7-3-1-2-6-14/h4-5,8H,1-3,6-7H2,(H,15,17). The second-order valence-corrected chi connectivity index (χ2v) is 5.00. The van der Waals surface area contributed by atoms with Gasteiger partial charge in [0.05, 0.1) is 11.0 Å². The van der Waals surface area contributed by atoms with E-state index in [4.69, 9.17) is 0 Å². The third-order valence-electron chi connectivity index (χ3n) is 2.50. The average molecular weight is 380 g/mol. The number of halogens is 2. The van der Waals surface area contributed by atoms with E-state index in [1.807, 2.05) is 0 Å². The minimum absolute atomic E-state index is 0.111. The van der Waals surface area contributed by atoms with E-state index in [0.717, 1.165) is 41.9 Å². The lowest BCUT2D eigenvalue weighted by Crippen LogP contribution is -2.25. The summed E-state index contributed by atoms with van der Waals surface area (Å²) >= 11 is 2.28. The molecule has 0 atom stereocenters. The third kappa shape index (κ3) is 5.09. The number of amides is 1. The smallest absolute Gasteiger partial charge is 0.285 e. The predicted octanol–water partition coefficient (Wildman–Crippen LogP) is 3.07. The highest BCUT2D eigenvalue weighted by molar-refractivity contribution is 14.1. The van der Waals surface area contributed by atoms with Gasteiger partial charge in [-0.05, 0) is 29.4 Å². The lowest BCUT2D eigenvalue weighted by atomic mass is 10.1. The summed E-state index contributed by atoms with van der Waals surface area (Å²) in [4.78, 5) is 21.8. The number of nitrogens with zero attached hydrogens (tertiary/aromatic N) is 1. The van der Waals surface area contributed by atoms with Crippen LogP contribution in [0.1, 0.15) is 29.6 Å². The highest BCUT2D eigenvalue weighted by Crippen LogP contribution is 2.19. The fraction of sp³-hybridized carbons (Fsp3) is 0.417. The molecule has 19 heavy (non-hydrogen) atoms. The second kappa shape index (κ2) is 8.03. The zero-order valence-corrected chi connectivity index (χ0v) is 12.4. The van der Waals surface area contributed by atoms with E-state index in [2.05, 4.69) is 27.9 Å². The van der Waals surface area contributed by atoms with Crippen molar-refractivity contribution in [1.29, 1.82) is 0 Å². The average Bonchev–Trinajstić information content (AvgIpc) is 2.38. The molecule has 0 aliphatic heterocycles. The van der Waals surface area contributed by atoms with Gasteiger partial charge in [0.25, 0.3) is 11.6 Å². The molecule has 0 radical (unpaired) electrons. The molecule has 1 N–H and O–H groups in total. The van der Waals surface area contributed by atoms with Crippen LogP contribution in [0, 0.1) is 15.9 Å². The Balaban J connectivity index is 2.64. The van der Waals surface area contributed by atoms with Crippen molar-refractivity contribution in [2.75, 3.05) is 11.0 Å². The number of carbonyl (C=O) groups excluding carboxylic acids is 1. The van der Waals surface area contributed by atoms with Crippen molar-refractivity contribution in [3.8, 4) is 0 Å². The van der Waals surface area contributed by atoms with Gasteiger partial charge in [0.2, 0.25) is 0 Å². The molecule has 1 rings (SSSR count). The number of benzene rings is 1. The molecule has 7 heteroatoms. The van der Waals surface area contributed by atoms with Crippen molar-refractivity contribution in [2.24, 2.45) is 0 Å². The fourth-order valence-electron chi connectivity index (χ4n) is 1.54. The van der Waals surface area contributed by atoms with E-state index in [-0.39, 0.29) is 5.56 Å². The molecule has 0 aromatic heterocycles. The molecule has 5 nitrogen and oxygen atoms in total. The van der Waals surface area contributed by atoms with Gasteiger partial charge >= 0.3 is 0 Å². The number of hydrogen-bond acceptors (Lipinski definition) is 3. The molecule has 0 saturated carbocycles. The molecular formula is C12H14FIN2O3. The summed E-state index contributed by atoms with van der Waals surface area (Å²) in [5.74, 6) is -1.27. The minimum Gasteiger partial charge on any atom is -0.352 e. The third-order valence-corrected chi connectivity index (χ3v) is 3.26. The summed E-state index contributed by atoms with van der Waals surface area (Å²) in [6.45, 7) is 0.462. The highest BCUT2D eigenvalue weighted by atomic mass is 127. The lowest BCUT2D eigenvalue weighted by Gasteiger charge is -2.05. The van der Waals surface area contributed by atoms with Gasteiger partial charge in [-0.1, -0.05) is 29.0 Å². The summed E-state index contributed by atoms with van der Waals surface area (Å²) in [6, 6.07) is 2.93. The van der Waals surface area contributed by atoms with Crippen molar-refractivity contribution in [1.82, 2.24) is 5.32 Å². The number of hydrogen-bond donors (Lipinski definition) is 1. The van der Waals surface area contributed by atoms with Gasteiger partial charge in [0.15, 0.2) is 0 Å². The summed E-state index contributed by atoms with van der Waals surface area (Å²) in [7, 11) is 0. The van der Waals surface area contributed by atoms with Gasteiger partial charge < -0.3 is 5.32 Å². The number of nitro groups is 1. The van der Waals surface area contributed by atoms with Crippen molar-refractivity contribution < 1.29 is 14.1 Å². The molecule has 1 amide bonds. The molecule has 1 aromatic rings. The molecule has 0 spiro atoms. The van der Waals surface area contributed by atoms with Crippen LogP contribution < -0.4 is 5.32 Å². The van der Waals surface area contributed by atoms with Crippen molar-refractivity contribution in [2.45, 2.75) is 19.3 Å². The van der Waals surface area contributed by atoms with Crippen LogP contribution in [0.15, 0.2) is 18.2 Å². The SMILES string of the molecule is O=C(NCCCCCI)c1ccc(F)cc1[N+](=O)[O-]. The van der Waals surface area contributed by atoms with Gasteiger partial charge in [-0.3, -0.25) is 14.9 Å². The van der Waals surface area contributed by atoms with E-state index in [9.17, 15) is 19.3 Å². The van der Waals surface area contributed by atoms with E-state index in [1.165, 1.54) is 0 Å². The zero-order chi connectivity index (χ0) is 14.3. The number of alkyl halides is 1. The van der Waals surface area contributed by atoms with Gasteiger partial charge in [0, 0.05) is 6.54 Å². The summed E-state index contributed by atoms with van der Waals surface area (Å²) in [5.41, 5.74) is -0.620. The van der Waals surface area contributed by atoms with E-state index < -0.39 is 22.3 Å². The molecule has 0 fully saturated rings. The molecule has 0 bridgehead atoms. The van der Waals surface area contributed by atoms with Crippen molar-refractivity contribution >= 4 is 34.2 Å². The Morgan fingerprint density at radius 2 is 2.11 bits per heavy atom. The quantitative estimate of drug-likeness (QED) is 0.260. The van der Waals surface area contributed by atoms with Crippen LogP contribution in [0.3, 0.4) is 0 Å². The van der Waals surface area contributed by atoms with Gasteiger partial charge in [-0.15, -0.1) is 0 Å². The van der Waals surface area contributed by atoms with Crippen LogP contribution in [-0.4, -0.2) is 21.8 Å². The van der Waals surface area contributed by atoms with Crippen LogP contribution >= 0.6 is 22.6 Å². The highest BCUT2D eigenvalue weighted by Gasteiger charge is 2.20. The first-order chi connectivity index (χ1) is 9.06. The molecule has 1 aromatic carbocycles. The van der Waals surface area contributed by atoms with E-state index >= 15 is 0 Å². The number of unbranched alkanes of at least 4 members (excludes halogenated alkanes) is 2. The van der Waals surface area contributed by atoms with Crippen LogP contribution in [0.4, 0.5) is 10.1 Å². The molecule has 0 unspecified atom stereocenters. The Labute approximate surface area is 123 Å². The Bertz CT molecular complexity index is 468. The molecular weight excluding hydrogens is 366 g/mol. The Kier molecular flexibility index (Phi) is 6.68. The Morgan fingerprint density at radius 1 is 1.37 bits per heavy atom. The molecule has 0 aliphatic carbocycles. The van der Waals surface area contributed by atoms with Crippen LogP contribution in [-0.2, 0) is 0 Å². The van der Waals surface area contributed by atoms with Crippen molar-refractivity contribution in [3.05, 3.63) is 39.7 Å². The number of nitrogens with one attached hydrogen (secondary N) is 1. The topological polar surface area (TPSA) is 72.2 Å². The van der Waals surface area contributed by atoms with Crippen LogP contribution in [0.2, 0.25) is 0 Å². The molecule has 0 saturated heterocycles. The first-order valence-electron chi connectivity index (χ1n) is 5.84. The zero-order valence-electron chi connectivity index (χ0n) is 10.2. The number of carbonyl (C=O) groups is 1. The first kappa shape index (κ1) is 15.8. The van der Waals surface area contributed by atoms with Crippen LogP contribution in [0.5, 0.6) is 0 Å². The monoisotopic (exact) mass is 380 g/mol. The molecule has 0 heterocycles. The summed E-state index contributed by atoms with van der Waals surface area (Å²) in [5, 5.41) is 13.4. The maximum Gasteiger partial charge on any atom is 0.285 e. The van der Waals surface area contributed by atoms with Crippen molar-refractivity contribution in [3.63, 3.8) is 0 Å². The normalized spacial score (nSPS) is 10.2. The predicted molar refractivity (Wildman–Crippen MR) is 78.1 cm³/mol. The minimum atomic E-state index is -0.756. The number of rotatable bonds is 7. The Hall–Kier alpha value is -1.25. The number of nitro benzene ring substituents is 1. The largest absolute Gasteiger partial charge is 0.352 e. The van der Waals surface area contributed by atoms with Crippen LogP contribution in [0.25, 0.3) is 0 Å². The maximum absolute atomic E-state index is 12.9. The van der Waals surface area contributed by atoms with E-state index in [1.54, 1.807) is 0 Å². The second-order valence-electron chi connectivity index (χ2n) is 3.92. The Morgan fingerprint density at radius 3 is 2.74 bits per heavy atom. The molecule has 104 valence electrons. The first-order valence-corrected chi connectivity index (χ1v) is 7.37. The lowest BCUT2D eigenvalue weighted by molar-refractivity contribution is -0.385.